The molecular formula is C18H28O2. The van der Waals surface area contributed by atoms with Crippen molar-refractivity contribution in [1.82, 2.24) is 0 Å². The van der Waals surface area contributed by atoms with E-state index >= 15 is 0 Å². The summed E-state index contributed by atoms with van der Waals surface area (Å²) < 4.78 is 5.93. The standard InChI is InChI=1S/C18H28O2/c1-15(19)11-12-18(5,17(2,3)4)14-20-13-16-9-7-6-8-10-16/h6-10H,11-14H2,1-5H3/t18-/m0/s1. The summed E-state index contributed by atoms with van der Waals surface area (Å²) in [6.45, 7) is 11.9. The van der Waals surface area contributed by atoms with Crippen molar-refractivity contribution in [2.75, 3.05) is 6.61 Å². The molecule has 0 spiro atoms. The zero-order valence-corrected chi connectivity index (χ0v) is 13.5. The maximum atomic E-state index is 11.3. The third-order valence-electron chi connectivity index (χ3n) is 4.37. The quantitative estimate of drug-likeness (QED) is 0.726. The summed E-state index contributed by atoms with van der Waals surface area (Å²) in [5.41, 5.74) is 1.31. The average molecular weight is 276 g/mol. The molecule has 0 amide bonds. The first kappa shape index (κ1) is 16.9. The lowest BCUT2D eigenvalue weighted by molar-refractivity contribution is -0.118. The minimum atomic E-state index is 0.00739. The van der Waals surface area contributed by atoms with Gasteiger partial charge in [-0.05, 0) is 29.7 Å². The van der Waals surface area contributed by atoms with Crippen LogP contribution in [0, 0.1) is 10.8 Å². The lowest BCUT2D eigenvalue weighted by atomic mass is 9.66. The number of Topliss-reactive ketones (excluding diaryl/α,β-unsaturated/α-hetero) is 1. The highest BCUT2D eigenvalue weighted by atomic mass is 16.5. The number of ketones is 1. The number of benzene rings is 1. The zero-order valence-electron chi connectivity index (χ0n) is 13.5. The van der Waals surface area contributed by atoms with E-state index in [2.05, 4.69) is 39.8 Å². The third kappa shape index (κ3) is 5.09. The first-order valence-electron chi connectivity index (χ1n) is 7.36. The summed E-state index contributed by atoms with van der Waals surface area (Å²) in [6, 6.07) is 10.2. The van der Waals surface area contributed by atoms with E-state index in [1.165, 1.54) is 5.56 Å². The van der Waals surface area contributed by atoms with Gasteiger partial charge in [0.25, 0.3) is 0 Å². The minimum Gasteiger partial charge on any atom is -0.376 e. The van der Waals surface area contributed by atoms with E-state index in [-0.39, 0.29) is 16.6 Å². The van der Waals surface area contributed by atoms with Gasteiger partial charge in [-0.3, -0.25) is 0 Å². The number of rotatable bonds is 7. The second kappa shape index (κ2) is 7.03. The van der Waals surface area contributed by atoms with Crippen LogP contribution < -0.4 is 0 Å². The molecule has 0 heterocycles. The summed E-state index contributed by atoms with van der Waals surface area (Å²) in [6.07, 6.45) is 1.50. The Kier molecular flexibility index (Phi) is 5.94. The van der Waals surface area contributed by atoms with Gasteiger partial charge in [-0.25, -0.2) is 0 Å². The number of carbonyl (C=O) groups is 1. The second-order valence-electron chi connectivity index (χ2n) is 6.99. The van der Waals surface area contributed by atoms with Crippen LogP contribution in [-0.4, -0.2) is 12.4 Å². The predicted molar refractivity (Wildman–Crippen MR) is 83.6 cm³/mol. The molecular weight excluding hydrogens is 248 g/mol. The molecule has 1 aromatic rings. The molecule has 0 aromatic heterocycles. The molecule has 1 rings (SSSR count). The summed E-state index contributed by atoms with van der Waals surface area (Å²) >= 11 is 0. The van der Waals surface area contributed by atoms with Gasteiger partial charge >= 0.3 is 0 Å². The topological polar surface area (TPSA) is 26.3 Å². The monoisotopic (exact) mass is 276 g/mol. The fraction of sp³-hybridized carbons (Fsp3) is 0.611. The van der Waals surface area contributed by atoms with Gasteiger partial charge in [0.1, 0.15) is 5.78 Å². The van der Waals surface area contributed by atoms with E-state index in [0.717, 1.165) is 6.42 Å². The lowest BCUT2D eigenvalue weighted by Gasteiger charge is -2.42. The van der Waals surface area contributed by atoms with Crippen LogP contribution in [0.1, 0.15) is 53.0 Å². The molecule has 1 atom stereocenters. The highest BCUT2D eigenvalue weighted by Crippen LogP contribution is 2.42. The largest absolute Gasteiger partial charge is 0.376 e. The Morgan fingerprint density at radius 1 is 1.10 bits per heavy atom. The second-order valence-corrected chi connectivity index (χ2v) is 6.99. The minimum absolute atomic E-state index is 0.00739. The molecule has 0 aliphatic heterocycles. The van der Waals surface area contributed by atoms with Gasteiger partial charge in [0, 0.05) is 6.42 Å². The SMILES string of the molecule is CC(=O)CC[C@@](C)(COCc1ccccc1)C(C)(C)C. The van der Waals surface area contributed by atoms with Crippen molar-refractivity contribution >= 4 is 5.78 Å². The number of ether oxygens (including phenoxy) is 1. The van der Waals surface area contributed by atoms with Gasteiger partial charge in [0.05, 0.1) is 13.2 Å². The molecule has 2 nitrogen and oxygen atoms in total. The molecule has 1 aromatic carbocycles. The van der Waals surface area contributed by atoms with Crippen molar-refractivity contribution in [3.05, 3.63) is 35.9 Å². The van der Waals surface area contributed by atoms with Crippen LogP contribution in [0.4, 0.5) is 0 Å². The summed E-state index contributed by atoms with van der Waals surface area (Å²) in [4.78, 5) is 11.3. The van der Waals surface area contributed by atoms with E-state index in [9.17, 15) is 4.79 Å². The van der Waals surface area contributed by atoms with E-state index in [1.807, 2.05) is 18.2 Å². The van der Waals surface area contributed by atoms with E-state index in [1.54, 1.807) is 6.92 Å². The van der Waals surface area contributed by atoms with Crippen molar-refractivity contribution < 1.29 is 9.53 Å². The lowest BCUT2D eigenvalue weighted by Crippen LogP contribution is -2.37. The Morgan fingerprint density at radius 3 is 2.20 bits per heavy atom. The molecule has 0 N–H and O–H groups in total. The Bertz CT molecular complexity index is 417. The highest BCUT2D eigenvalue weighted by Gasteiger charge is 2.37. The normalized spacial score (nSPS) is 14.8. The molecule has 0 fully saturated rings. The van der Waals surface area contributed by atoms with Crippen LogP contribution in [0.15, 0.2) is 30.3 Å². The predicted octanol–water partition coefficient (Wildman–Crippen LogP) is 4.62. The smallest absolute Gasteiger partial charge is 0.129 e. The average Bonchev–Trinajstić information content (AvgIpc) is 2.36. The fourth-order valence-electron chi connectivity index (χ4n) is 2.08. The number of hydrogen-bond acceptors (Lipinski definition) is 2. The fourth-order valence-corrected chi connectivity index (χ4v) is 2.08. The molecule has 0 radical (unpaired) electrons. The van der Waals surface area contributed by atoms with Crippen LogP contribution in [0.5, 0.6) is 0 Å². The van der Waals surface area contributed by atoms with Gasteiger partial charge in [-0.1, -0.05) is 58.0 Å². The number of hydrogen-bond donors (Lipinski definition) is 0. The molecule has 0 aliphatic carbocycles. The Balaban J connectivity index is 2.59. The van der Waals surface area contributed by atoms with Crippen molar-refractivity contribution in [1.29, 1.82) is 0 Å². The maximum absolute atomic E-state index is 11.3. The van der Waals surface area contributed by atoms with Crippen molar-refractivity contribution in [2.45, 2.75) is 54.1 Å². The Labute approximate surface area is 123 Å². The van der Waals surface area contributed by atoms with Crippen LogP contribution in [0.3, 0.4) is 0 Å². The molecule has 0 aliphatic rings. The van der Waals surface area contributed by atoms with Gasteiger partial charge in [0.15, 0.2) is 0 Å². The van der Waals surface area contributed by atoms with Crippen LogP contribution in [0.2, 0.25) is 0 Å². The molecule has 0 bridgehead atoms. The summed E-state index contributed by atoms with van der Waals surface area (Å²) in [5, 5.41) is 0. The first-order chi connectivity index (χ1) is 9.24. The molecule has 0 saturated carbocycles. The summed E-state index contributed by atoms with van der Waals surface area (Å²) in [5.74, 6) is 0.253. The Morgan fingerprint density at radius 2 is 1.70 bits per heavy atom. The number of carbonyl (C=O) groups excluding carboxylic acids is 1. The van der Waals surface area contributed by atoms with Crippen LogP contribution in [-0.2, 0) is 16.1 Å². The van der Waals surface area contributed by atoms with E-state index < -0.39 is 0 Å². The molecule has 0 saturated heterocycles. The van der Waals surface area contributed by atoms with Crippen molar-refractivity contribution in [3.63, 3.8) is 0 Å². The van der Waals surface area contributed by atoms with Gasteiger partial charge < -0.3 is 9.53 Å². The first-order valence-corrected chi connectivity index (χ1v) is 7.36. The Hall–Kier alpha value is -1.15. The van der Waals surface area contributed by atoms with E-state index in [0.29, 0.717) is 19.6 Å². The molecule has 2 heteroatoms. The maximum Gasteiger partial charge on any atom is 0.129 e. The van der Waals surface area contributed by atoms with Gasteiger partial charge in [0.2, 0.25) is 0 Å². The molecule has 112 valence electrons. The molecule has 0 unspecified atom stereocenters. The third-order valence-corrected chi connectivity index (χ3v) is 4.37. The zero-order chi connectivity index (χ0) is 15.2. The highest BCUT2D eigenvalue weighted by molar-refractivity contribution is 5.75. The van der Waals surface area contributed by atoms with Crippen molar-refractivity contribution in [3.8, 4) is 0 Å². The molecule has 20 heavy (non-hydrogen) atoms. The van der Waals surface area contributed by atoms with Crippen LogP contribution in [0.25, 0.3) is 0 Å². The van der Waals surface area contributed by atoms with Gasteiger partial charge in [-0.15, -0.1) is 0 Å². The van der Waals surface area contributed by atoms with Crippen LogP contribution >= 0.6 is 0 Å². The van der Waals surface area contributed by atoms with E-state index in [4.69, 9.17) is 4.74 Å². The summed E-state index contributed by atoms with van der Waals surface area (Å²) in [7, 11) is 0. The van der Waals surface area contributed by atoms with Crippen molar-refractivity contribution in [2.24, 2.45) is 10.8 Å². The van der Waals surface area contributed by atoms with Gasteiger partial charge in [-0.2, -0.15) is 0 Å².